The predicted octanol–water partition coefficient (Wildman–Crippen LogP) is 2.09. The second-order valence-corrected chi connectivity index (χ2v) is 8.63. The number of likely N-dealkylation sites (tertiary alicyclic amines) is 1. The quantitative estimate of drug-likeness (QED) is 0.581. The number of halogens is 1. The van der Waals surface area contributed by atoms with Crippen LogP contribution in [0.2, 0.25) is 0 Å². The van der Waals surface area contributed by atoms with Crippen molar-refractivity contribution >= 4 is 34.1 Å². The van der Waals surface area contributed by atoms with Crippen molar-refractivity contribution in [2.45, 2.75) is 38.3 Å². The van der Waals surface area contributed by atoms with E-state index in [0.717, 1.165) is 25.9 Å². The van der Waals surface area contributed by atoms with Gasteiger partial charge >= 0.3 is 5.97 Å². The topological polar surface area (TPSA) is 113 Å². The number of piperidine rings is 1. The molecule has 0 bridgehead atoms. The number of aromatic carboxylic acids is 1. The fraction of sp³-hybridized carbons (Fsp3) is 0.500. The van der Waals surface area contributed by atoms with E-state index in [1.54, 1.807) is 10.6 Å². The Balaban J connectivity index is 1.95. The molecule has 3 heterocycles. The molecule has 0 aliphatic carbocycles. The van der Waals surface area contributed by atoms with Crippen LogP contribution in [0.25, 0.3) is 10.9 Å². The molecule has 0 radical (unpaired) electrons. The second kappa shape index (κ2) is 6.62. The van der Waals surface area contributed by atoms with Crippen molar-refractivity contribution in [3.63, 3.8) is 0 Å². The summed E-state index contributed by atoms with van der Waals surface area (Å²) in [5, 5.41) is 15.8. The van der Waals surface area contributed by atoms with Crippen LogP contribution < -0.4 is 21.8 Å². The van der Waals surface area contributed by atoms with Gasteiger partial charge in [0.1, 0.15) is 11.4 Å². The largest absolute Gasteiger partial charge is 0.477 e. The maximum atomic E-state index is 15.1. The van der Waals surface area contributed by atoms with E-state index in [1.165, 1.54) is 0 Å². The Morgan fingerprint density at radius 1 is 1.38 bits per heavy atom. The van der Waals surface area contributed by atoms with Crippen molar-refractivity contribution < 1.29 is 14.3 Å². The number of fused-ring (bicyclic) bond motifs is 3. The van der Waals surface area contributed by atoms with Gasteiger partial charge in [0.05, 0.1) is 27.8 Å². The number of rotatable bonds is 3. The first kappa shape index (κ1) is 19.5. The van der Waals surface area contributed by atoms with Gasteiger partial charge in [-0.2, -0.15) is 0 Å². The van der Waals surface area contributed by atoms with Gasteiger partial charge < -0.3 is 30.9 Å². The summed E-state index contributed by atoms with van der Waals surface area (Å²) in [5.74, 6) is -1.84. The number of carbonyl (C=O) groups is 1. The maximum absolute atomic E-state index is 15.1. The zero-order chi connectivity index (χ0) is 21.1. The average Bonchev–Trinajstić information content (AvgIpc) is 2.96. The van der Waals surface area contributed by atoms with E-state index in [0.29, 0.717) is 12.1 Å². The molecule has 2 aliphatic rings. The lowest BCUT2D eigenvalue weighted by atomic mass is 10.0. The normalized spacial score (nSPS) is 19.2. The van der Waals surface area contributed by atoms with Gasteiger partial charge in [0, 0.05) is 12.6 Å². The van der Waals surface area contributed by atoms with E-state index in [2.05, 4.69) is 22.6 Å². The van der Waals surface area contributed by atoms with Crippen molar-refractivity contribution in [2.24, 2.45) is 0 Å². The molecular weight excluding hydrogens is 377 g/mol. The van der Waals surface area contributed by atoms with Crippen molar-refractivity contribution in [1.82, 2.24) is 9.47 Å². The molecule has 0 atom stereocenters. The van der Waals surface area contributed by atoms with Gasteiger partial charge in [-0.1, -0.05) is 0 Å². The third kappa shape index (κ3) is 3.00. The van der Waals surface area contributed by atoms with E-state index in [9.17, 15) is 14.7 Å². The molecule has 1 saturated heterocycles. The van der Waals surface area contributed by atoms with Crippen LogP contribution in [-0.2, 0) is 5.54 Å². The highest BCUT2D eigenvalue weighted by Gasteiger charge is 2.36. The third-order valence-corrected chi connectivity index (χ3v) is 6.02. The Labute approximate surface area is 167 Å². The Morgan fingerprint density at radius 3 is 2.66 bits per heavy atom. The van der Waals surface area contributed by atoms with Crippen molar-refractivity contribution in [3.05, 3.63) is 27.7 Å². The monoisotopic (exact) mass is 403 g/mol. The number of carboxylic acids is 1. The summed E-state index contributed by atoms with van der Waals surface area (Å²) < 4.78 is 16.9. The van der Waals surface area contributed by atoms with Crippen LogP contribution in [0.1, 0.15) is 37.0 Å². The number of anilines is 3. The number of nitrogens with one attached hydrogen (secondary N) is 2. The minimum Gasteiger partial charge on any atom is -0.477 e. The molecule has 29 heavy (non-hydrogen) atoms. The average molecular weight is 403 g/mol. The van der Waals surface area contributed by atoms with Crippen LogP contribution >= 0.6 is 0 Å². The standard InChI is InChI=1S/C20H26FN5O3/c1-20(2)9-23-18-14(19(28)29)17(27)13-12(26(18)20)8-11(15(21)16(13)22)24-10-4-6-25(3)7-5-10/h8,10,23-24H,4-7,9,22H2,1-3H3,(H,28,29). The SMILES string of the molecule is CN1CCC(Nc2cc3c(c(N)c2F)c(=O)c(C(=O)O)c2n3C(C)(C)CN2)CC1. The maximum Gasteiger partial charge on any atom is 0.343 e. The lowest BCUT2D eigenvalue weighted by molar-refractivity contribution is 0.0696. The summed E-state index contributed by atoms with van der Waals surface area (Å²) in [4.78, 5) is 26.9. The Bertz CT molecular complexity index is 1070. The molecule has 0 amide bonds. The number of nitrogens with zero attached hydrogens (tertiary/aromatic N) is 2. The number of benzene rings is 1. The zero-order valence-corrected chi connectivity index (χ0v) is 16.8. The number of carboxylic acid groups (broad SMARTS) is 1. The zero-order valence-electron chi connectivity index (χ0n) is 16.8. The first-order valence-corrected chi connectivity index (χ1v) is 9.75. The summed E-state index contributed by atoms with van der Waals surface area (Å²) >= 11 is 0. The highest BCUT2D eigenvalue weighted by molar-refractivity contribution is 6.03. The van der Waals surface area contributed by atoms with E-state index in [1.807, 2.05) is 13.8 Å². The molecule has 0 spiro atoms. The van der Waals surface area contributed by atoms with Crippen molar-refractivity contribution in [2.75, 3.05) is 43.0 Å². The van der Waals surface area contributed by atoms with Gasteiger partial charge in [0.15, 0.2) is 5.82 Å². The molecule has 1 aromatic heterocycles. The number of hydrogen-bond acceptors (Lipinski definition) is 6. The summed E-state index contributed by atoms with van der Waals surface area (Å²) in [6.45, 7) is 6.12. The van der Waals surface area contributed by atoms with Crippen LogP contribution in [0, 0.1) is 5.82 Å². The predicted molar refractivity (Wildman–Crippen MR) is 111 cm³/mol. The first-order chi connectivity index (χ1) is 13.6. The van der Waals surface area contributed by atoms with Crippen molar-refractivity contribution in [3.8, 4) is 0 Å². The molecule has 156 valence electrons. The fourth-order valence-corrected chi connectivity index (χ4v) is 4.40. The highest BCUT2D eigenvalue weighted by Crippen LogP contribution is 2.38. The molecule has 1 fully saturated rings. The fourth-order valence-electron chi connectivity index (χ4n) is 4.40. The van der Waals surface area contributed by atoms with Crippen LogP contribution in [0.3, 0.4) is 0 Å². The number of aromatic nitrogens is 1. The van der Waals surface area contributed by atoms with Crippen LogP contribution in [0.4, 0.5) is 21.6 Å². The molecule has 8 nitrogen and oxygen atoms in total. The molecule has 5 N–H and O–H groups in total. The lowest BCUT2D eigenvalue weighted by Gasteiger charge is -2.31. The molecule has 4 rings (SSSR count). The van der Waals surface area contributed by atoms with Gasteiger partial charge in [-0.25, -0.2) is 9.18 Å². The van der Waals surface area contributed by atoms with Crippen molar-refractivity contribution in [1.29, 1.82) is 0 Å². The molecule has 2 aromatic rings. The molecule has 9 heteroatoms. The van der Waals surface area contributed by atoms with Crippen LogP contribution in [0.15, 0.2) is 10.9 Å². The summed E-state index contributed by atoms with van der Waals surface area (Å²) in [6.07, 6.45) is 1.74. The van der Waals surface area contributed by atoms with Crippen LogP contribution in [0.5, 0.6) is 0 Å². The van der Waals surface area contributed by atoms with Gasteiger partial charge in [-0.05, 0) is 52.9 Å². The highest BCUT2D eigenvalue weighted by atomic mass is 19.1. The Hall–Kier alpha value is -2.81. The first-order valence-electron chi connectivity index (χ1n) is 9.75. The Kier molecular flexibility index (Phi) is 4.45. The second-order valence-electron chi connectivity index (χ2n) is 8.63. The summed E-state index contributed by atoms with van der Waals surface area (Å²) in [7, 11) is 2.05. The smallest absolute Gasteiger partial charge is 0.343 e. The minimum atomic E-state index is -1.36. The Morgan fingerprint density at radius 2 is 2.03 bits per heavy atom. The number of nitrogens with two attached hydrogens (primary N) is 1. The molecular formula is C20H26FN5O3. The molecule has 0 saturated carbocycles. The lowest BCUT2D eigenvalue weighted by Crippen LogP contribution is -2.37. The summed E-state index contributed by atoms with van der Waals surface area (Å²) in [6, 6.07) is 1.69. The molecule has 0 unspecified atom stereocenters. The number of pyridine rings is 1. The van der Waals surface area contributed by atoms with Gasteiger partial charge in [0.25, 0.3) is 0 Å². The molecule has 1 aromatic carbocycles. The van der Waals surface area contributed by atoms with E-state index in [-0.39, 0.29) is 28.6 Å². The third-order valence-electron chi connectivity index (χ3n) is 6.02. The minimum absolute atomic E-state index is 0.0886. The molecule has 2 aliphatic heterocycles. The summed E-state index contributed by atoms with van der Waals surface area (Å²) in [5.41, 5.74) is 4.71. The van der Waals surface area contributed by atoms with Gasteiger partial charge in [-0.3, -0.25) is 4.79 Å². The van der Waals surface area contributed by atoms with Gasteiger partial charge in [0.2, 0.25) is 5.43 Å². The number of nitrogen functional groups attached to an aromatic ring is 1. The van der Waals surface area contributed by atoms with E-state index in [4.69, 9.17) is 5.73 Å². The number of hydrogen-bond donors (Lipinski definition) is 4. The van der Waals surface area contributed by atoms with E-state index >= 15 is 4.39 Å². The van der Waals surface area contributed by atoms with E-state index < -0.39 is 28.3 Å². The van der Waals surface area contributed by atoms with Crippen LogP contribution in [-0.4, -0.2) is 53.3 Å². The van der Waals surface area contributed by atoms with Gasteiger partial charge in [-0.15, -0.1) is 0 Å².